The Morgan fingerprint density at radius 1 is 1.08 bits per heavy atom. The fraction of sp³-hybridized carbons (Fsp3) is 0.462. The van der Waals surface area contributed by atoms with Gasteiger partial charge in [-0.25, -0.2) is 9.67 Å². The maximum absolute atomic E-state index is 6.53. The van der Waals surface area contributed by atoms with Crippen molar-refractivity contribution in [2.45, 2.75) is 38.3 Å². The maximum Gasteiger partial charge on any atom is 0.217 e. The Morgan fingerprint density at radius 3 is 2.53 bits per heavy atom. The molecule has 1 aromatic heterocycles. The molecule has 10 heteroatoms. The molecule has 0 aliphatic carbocycles. The number of anilines is 1. The van der Waals surface area contributed by atoms with E-state index in [-0.39, 0.29) is 6.10 Å². The van der Waals surface area contributed by atoms with Crippen molar-refractivity contribution in [2.24, 2.45) is 0 Å². The molecule has 0 N–H and O–H groups in total. The average Bonchev–Trinajstić information content (AvgIpc) is 3.54. The first-order chi connectivity index (χ1) is 17.4. The number of nitrogens with zero attached hydrogens (tertiary/aromatic N) is 5. The summed E-state index contributed by atoms with van der Waals surface area (Å²) < 4.78 is 20.4. The van der Waals surface area contributed by atoms with Gasteiger partial charge >= 0.3 is 0 Å². The number of halogens is 2. The maximum atomic E-state index is 6.53. The highest BCUT2D eigenvalue weighted by atomic mass is 35.5. The zero-order valence-corrected chi connectivity index (χ0v) is 22.0. The topological polar surface area (TPSA) is 64.9 Å². The van der Waals surface area contributed by atoms with Gasteiger partial charge in [-0.05, 0) is 50.2 Å². The number of piperazine rings is 1. The molecule has 0 radical (unpaired) electrons. The summed E-state index contributed by atoms with van der Waals surface area (Å²) in [5.74, 6) is -0.327. The highest BCUT2D eigenvalue weighted by Gasteiger charge is 2.45. The van der Waals surface area contributed by atoms with E-state index in [2.05, 4.69) is 45.9 Å². The van der Waals surface area contributed by atoms with Crippen LogP contribution in [0.25, 0.3) is 0 Å². The van der Waals surface area contributed by atoms with Crippen LogP contribution in [0.1, 0.15) is 19.4 Å². The van der Waals surface area contributed by atoms with Gasteiger partial charge in [0.2, 0.25) is 5.79 Å². The van der Waals surface area contributed by atoms with Gasteiger partial charge in [0.1, 0.15) is 37.7 Å². The van der Waals surface area contributed by atoms with Crippen LogP contribution in [-0.4, -0.2) is 71.2 Å². The average molecular weight is 532 g/mol. The van der Waals surface area contributed by atoms with Crippen LogP contribution in [0, 0.1) is 0 Å². The summed E-state index contributed by atoms with van der Waals surface area (Å²) in [6.45, 7) is 9.74. The smallest absolute Gasteiger partial charge is 0.217 e. The molecular weight excluding hydrogens is 501 g/mol. The van der Waals surface area contributed by atoms with Gasteiger partial charge in [0.15, 0.2) is 0 Å². The summed E-state index contributed by atoms with van der Waals surface area (Å²) >= 11 is 12.7. The van der Waals surface area contributed by atoms with Crippen LogP contribution in [0.15, 0.2) is 55.1 Å². The molecule has 0 spiro atoms. The lowest BCUT2D eigenvalue weighted by Gasteiger charge is -2.38. The molecule has 3 aromatic rings. The molecule has 2 aromatic carbocycles. The highest BCUT2D eigenvalue weighted by Crippen LogP contribution is 2.40. The second-order valence-corrected chi connectivity index (χ2v) is 10.3. The molecule has 0 bridgehead atoms. The van der Waals surface area contributed by atoms with Crippen LogP contribution in [0.4, 0.5) is 5.69 Å². The van der Waals surface area contributed by atoms with Crippen LogP contribution >= 0.6 is 23.2 Å². The van der Waals surface area contributed by atoms with Crippen molar-refractivity contribution in [3.8, 4) is 5.75 Å². The van der Waals surface area contributed by atoms with Gasteiger partial charge in [0.05, 0.1) is 11.6 Å². The summed E-state index contributed by atoms with van der Waals surface area (Å²) in [6.07, 6.45) is 2.80. The Kier molecular flexibility index (Phi) is 7.69. The zero-order chi connectivity index (χ0) is 25.1. The van der Waals surface area contributed by atoms with Crippen LogP contribution in [0.3, 0.4) is 0 Å². The van der Waals surface area contributed by atoms with Crippen molar-refractivity contribution >= 4 is 28.9 Å². The molecular formula is C26H31Cl2N5O3. The Bertz CT molecular complexity index is 1140. The van der Waals surface area contributed by atoms with Gasteiger partial charge in [0.25, 0.3) is 0 Å². The van der Waals surface area contributed by atoms with Crippen LogP contribution in [-0.2, 0) is 21.8 Å². The lowest BCUT2D eigenvalue weighted by atomic mass is 10.1. The summed E-state index contributed by atoms with van der Waals surface area (Å²) in [7, 11) is 0. The van der Waals surface area contributed by atoms with Crippen molar-refractivity contribution in [1.82, 2.24) is 19.7 Å². The molecule has 0 saturated carbocycles. The van der Waals surface area contributed by atoms with Gasteiger partial charge in [-0.2, -0.15) is 5.10 Å². The van der Waals surface area contributed by atoms with E-state index in [1.807, 2.05) is 18.2 Å². The second-order valence-electron chi connectivity index (χ2n) is 9.44. The van der Waals surface area contributed by atoms with Crippen molar-refractivity contribution in [1.29, 1.82) is 0 Å². The third kappa shape index (κ3) is 5.63. The second kappa shape index (κ2) is 10.9. The first-order valence-corrected chi connectivity index (χ1v) is 13.0. The molecule has 192 valence electrons. The van der Waals surface area contributed by atoms with E-state index < -0.39 is 5.79 Å². The van der Waals surface area contributed by atoms with E-state index >= 15 is 0 Å². The van der Waals surface area contributed by atoms with Crippen LogP contribution in [0.5, 0.6) is 5.75 Å². The number of benzene rings is 2. The van der Waals surface area contributed by atoms with E-state index in [9.17, 15) is 0 Å². The normalized spacial score (nSPS) is 22.9. The standard InChI is InChI=1S/C26H31Cl2N5O3/c1-19(2)31-9-11-32(12-10-31)21-4-6-22(7-5-21)34-14-23-15-35-26(36-23,16-33-18-29-17-30-33)24-8-3-20(27)13-25(24)28/h3-8,13,17-19,23H,9-12,14-16H2,1-2H3/t23-,26+/m0/s1. The molecule has 5 rings (SSSR count). The molecule has 0 unspecified atom stereocenters. The minimum Gasteiger partial charge on any atom is -0.491 e. The quantitative estimate of drug-likeness (QED) is 0.425. The fourth-order valence-electron chi connectivity index (χ4n) is 4.72. The Morgan fingerprint density at radius 2 is 1.86 bits per heavy atom. The highest BCUT2D eigenvalue weighted by molar-refractivity contribution is 6.35. The minimum absolute atomic E-state index is 0.288. The lowest BCUT2D eigenvalue weighted by Crippen LogP contribution is -2.48. The molecule has 2 atom stereocenters. The Labute approximate surface area is 221 Å². The first kappa shape index (κ1) is 25.3. The molecule has 3 heterocycles. The third-order valence-corrected chi connectivity index (χ3v) is 7.27. The van der Waals surface area contributed by atoms with Gasteiger partial charge in [-0.1, -0.05) is 29.3 Å². The van der Waals surface area contributed by atoms with Gasteiger partial charge < -0.3 is 19.1 Å². The number of hydrogen-bond donors (Lipinski definition) is 0. The molecule has 0 amide bonds. The summed E-state index contributed by atoms with van der Waals surface area (Å²) in [5, 5.41) is 5.22. The minimum atomic E-state index is -1.12. The molecule has 2 fully saturated rings. The van der Waals surface area contributed by atoms with E-state index in [0.717, 1.165) is 31.9 Å². The summed E-state index contributed by atoms with van der Waals surface area (Å²) in [6, 6.07) is 14.1. The number of rotatable bonds is 8. The SMILES string of the molecule is CC(C)N1CCN(c2ccc(OC[C@H]3CO[C@@](Cn4cncn4)(c4ccc(Cl)cc4Cl)O3)cc2)CC1. The van der Waals surface area contributed by atoms with Crippen LogP contribution in [0.2, 0.25) is 10.0 Å². The zero-order valence-electron chi connectivity index (χ0n) is 20.5. The fourth-order valence-corrected chi connectivity index (χ4v) is 5.27. The van der Waals surface area contributed by atoms with Crippen molar-refractivity contribution < 1.29 is 14.2 Å². The molecule has 2 aliphatic rings. The Balaban J connectivity index is 1.21. The first-order valence-electron chi connectivity index (χ1n) is 12.2. The van der Waals surface area contributed by atoms with E-state index in [1.54, 1.807) is 23.1 Å². The Hall–Kier alpha value is -2.36. The summed E-state index contributed by atoms with van der Waals surface area (Å²) in [4.78, 5) is 8.96. The number of hydrogen-bond acceptors (Lipinski definition) is 7. The lowest BCUT2D eigenvalue weighted by molar-refractivity contribution is -0.190. The largest absolute Gasteiger partial charge is 0.491 e. The van der Waals surface area contributed by atoms with Crippen molar-refractivity contribution in [2.75, 3.05) is 44.3 Å². The molecule has 8 nitrogen and oxygen atoms in total. The predicted octanol–water partition coefficient (Wildman–Crippen LogP) is 4.46. The summed E-state index contributed by atoms with van der Waals surface area (Å²) in [5.41, 5.74) is 1.91. The van der Waals surface area contributed by atoms with Crippen LogP contribution < -0.4 is 9.64 Å². The number of ether oxygens (including phenoxy) is 3. The van der Waals surface area contributed by atoms with Crippen molar-refractivity contribution in [3.05, 3.63) is 70.7 Å². The molecule has 2 saturated heterocycles. The van der Waals surface area contributed by atoms with Gasteiger partial charge in [-0.3, -0.25) is 4.90 Å². The molecule has 36 heavy (non-hydrogen) atoms. The van der Waals surface area contributed by atoms with E-state index in [4.69, 9.17) is 37.4 Å². The third-order valence-electron chi connectivity index (χ3n) is 6.72. The van der Waals surface area contributed by atoms with E-state index in [1.165, 1.54) is 12.0 Å². The molecule has 2 aliphatic heterocycles. The van der Waals surface area contributed by atoms with Gasteiger partial charge in [0, 0.05) is 48.5 Å². The number of aromatic nitrogens is 3. The van der Waals surface area contributed by atoms with E-state index in [0.29, 0.717) is 41.4 Å². The van der Waals surface area contributed by atoms with Gasteiger partial charge in [-0.15, -0.1) is 0 Å². The monoisotopic (exact) mass is 531 g/mol. The predicted molar refractivity (Wildman–Crippen MR) is 140 cm³/mol. The van der Waals surface area contributed by atoms with Crippen molar-refractivity contribution in [3.63, 3.8) is 0 Å².